The number of carbonyl (C=O) groups excluding carboxylic acids is 1. The number of hydrogen-bond acceptors (Lipinski definition) is 6. The Bertz CT molecular complexity index is 850. The first-order valence-corrected chi connectivity index (χ1v) is 10.00. The number of methoxy groups -OCH3 is 1. The number of aromatic nitrogens is 2. The van der Waals surface area contributed by atoms with Crippen molar-refractivity contribution >= 4 is 23.4 Å². The van der Waals surface area contributed by atoms with Crippen molar-refractivity contribution in [2.75, 3.05) is 41.9 Å². The van der Waals surface area contributed by atoms with Crippen molar-refractivity contribution in [1.82, 2.24) is 9.97 Å². The number of rotatable bonds is 6. The molecule has 28 heavy (non-hydrogen) atoms. The van der Waals surface area contributed by atoms with Gasteiger partial charge < -0.3 is 19.9 Å². The van der Waals surface area contributed by atoms with E-state index in [9.17, 15) is 4.79 Å². The fraction of sp³-hybridized carbons (Fsp3) is 0.476. The maximum absolute atomic E-state index is 12.6. The van der Waals surface area contributed by atoms with Gasteiger partial charge in [-0.15, -0.1) is 0 Å². The second-order valence-electron chi connectivity index (χ2n) is 7.34. The van der Waals surface area contributed by atoms with Crippen molar-refractivity contribution < 1.29 is 9.53 Å². The zero-order valence-corrected chi connectivity index (χ0v) is 16.5. The number of carbonyl (C=O) groups is 1. The van der Waals surface area contributed by atoms with Crippen molar-refractivity contribution in [2.45, 2.75) is 38.6 Å². The molecular weight excluding hydrogens is 354 g/mol. The lowest BCUT2D eigenvalue weighted by molar-refractivity contribution is -0.117. The van der Waals surface area contributed by atoms with Gasteiger partial charge in [-0.1, -0.05) is 13.0 Å². The standard InChI is InChI=1S/C21H27N5O2/c1-3-15-11-19(24-21(23-15)25-9-4-5-10-25)22-16-12-20(27)26(14-16)17-7-6-8-18(13-17)28-2/h6-8,11,13,16H,3-5,9-10,12,14H2,1-2H3,(H,22,23,24). The first kappa shape index (κ1) is 18.5. The largest absolute Gasteiger partial charge is 0.497 e. The predicted octanol–water partition coefficient (Wildman–Crippen LogP) is 2.87. The molecule has 148 valence electrons. The van der Waals surface area contributed by atoms with E-state index in [4.69, 9.17) is 9.72 Å². The molecule has 1 atom stereocenters. The molecule has 0 radical (unpaired) electrons. The van der Waals surface area contributed by atoms with E-state index in [1.165, 1.54) is 12.8 Å². The molecule has 2 aliphatic heterocycles. The predicted molar refractivity (Wildman–Crippen MR) is 110 cm³/mol. The van der Waals surface area contributed by atoms with Crippen LogP contribution in [0.25, 0.3) is 0 Å². The van der Waals surface area contributed by atoms with Gasteiger partial charge in [-0.2, -0.15) is 4.98 Å². The molecule has 0 aliphatic carbocycles. The second-order valence-corrected chi connectivity index (χ2v) is 7.34. The molecule has 2 aliphatic rings. The highest BCUT2D eigenvalue weighted by Gasteiger charge is 2.31. The number of benzene rings is 1. The van der Waals surface area contributed by atoms with Crippen molar-refractivity contribution in [3.8, 4) is 5.75 Å². The molecule has 3 heterocycles. The molecular formula is C21H27N5O2. The van der Waals surface area contributed by atoms with E-state index in [0.29, 0.717) is 13.0 Å². The van der Waals surface area contributed by atoms with Crippen LogP contribution in [0.15, 0.2) is 30.3 Å². The van der Waals surface area contributed by atoms with E-state index in [1.807, 2.05) is 35.2 Å². The molecule has 1 N–H and O–H groups in total. The monoisotopic (exact) mass is 381 g/mol. The summed E-state index contributed by atoms with van der Waals surface area (Å²) in [4.78, 5) is 26.0. The normalized spacial score (nSPS) is 19.4. The Labute approximate surface area is 165 Å². The van der Waals surface area contributed by atoms with E-state index in [1.54, 1.807) is 7.11 Å². The molecule has 2 aromatic rings. The van der Waals surface area contributed by atoms with Gasteiger partial charge in [0.25, 0.3) is 0 Å². The number of ether oxygens (including phenoxy) is 1. The number of nitrogens with zero attached hydrogens (tertiary/aromatic N) is 4. The van der Waals surface area contributed by atoms with Gasteiger partial charge in [-0.25, -0.2) is 4.98 Å². The van der Waals surface area contributed by atoms with Crippen molar-refractivity contribution in [3.63, 3.8) is 0 Å². The van der Waals surface area contributed by atoms with Gasteiger partial charge in [0.1, 0.15) is 11.6 Å². The molecule has 0 bridgehead atoms. The third kappa shape index (κ3) is 3.88. The highest BCUT2D eigenvalue weighted by Crippen LogP contribution is 2.27. The zero-order valence-electron chi connectivity index (χ0n) is 16.5. The zero-order chi connectivity index (χ0) is 19.5. The summed E-state index contributed by atoms with van der Waals surface area (Å²) in [7, 11) is 1.63. The van der Waals surface area contributed by atoms with Crippen LogP contribution in [0.4, 0.5) is 17.5 Å². The number of nitrogens with one attached hydrogen (secondary N) is 1. The number of hydrogen-bond donors (Lipinski definition) is 1. The van der Waals surface area contributed by atoms with Crippen molar-refractivity contribution in [2.24, 2.45) is 0 Å². The quantitative estimate of drug-likeness (QED) is 0.830. The highest BCUT2D eigenvalue weighted by molar-refractivity contribution is 5.96. The SMILES string of the molecule is CCc1cc(NC2CC(=O)N(c3cccc(OC)c3)C2)nc(N2CCCC2)n1. The van der Waals surface area contributed by atoms with Crippen LogP contribution in [0, 0.1) is 0 Å². The minimum atomic E-state index is 0.0183. The number of aryl methyl sites for hydroxylation is 1. The summed E-state index contributed by atoms with van der Waals surface area (Å²) >= 11 is 0. The lowest BCUT2D eigenvalue weighted by Crippen LogP contribution is -2.28. The van der Waals surface area contributed by atoms with Crippen molar-refractivity contribution in [1.29, 1.82) is 0 Å². The fourth-order valence-electron chi connectivity index (χ4n) is 3.84. The maximum atomic E-state index is 12.6. The van der Waals surface area contributed by atoms with Crippen molar-refractivity contribution in [3.05, 3.63) is 36.0 Å². The average molecular weight is 381 g/mol. The molecule has 1 unspecified atom stereocenters. The second kappa shape index (κ2) is 8.04. The lowest BCUT2D eigenvalue weighted by atomic mass is 10.2. The molecule has 1 aromatic carbocycles. The minimum Gasteiger partial charge on any atom is -0.497 e. The molecule has 0 saturated carbocycles. The highest BCUT2D eigenvalue weighted by atomic mass is 16.5. The molecule has 1 amide bonds. The Morgan fingerprint density at radius 1 is 1.21 bits per heavy atom. The van der Waals surface area contributed by atoms with Gasteiger partial charge >= 0.3 is 0 Å². The van der Waals surface area contributed by atoms with Crippen LogP contribution < -0.4 is 19.9 Å². The third-order valence-corrected chi connectivity index (χ3v) is 5.36. The third-order valence-electron chi connectivity index (χ3n) is 5.36. The van der Waals surface area contributed by atoms with Gasteiger partial charge in [-0.05, 0) is 31.4 Å². The summed E-state index contributed by atoms with van der Waals surface area (Å²) < 4.78 is 5.28. The smallest absolute Gasteiger partial charge is 0.229 e. The van der Waals surface area contributed by atoms with Crippen LogP contribution in [-0.2, 0) is 11.2 Å². The molecule has 4 rings (SSSR count). The Morgan fingerprint density at radius 2 is 2.04 bits per heavy atom. The first-order valence-electron chi connectivity index (χ1n) is 10.00. The Morgan fingerprint density at radius 3 is 2.79 bits per heavy atom. The van der Waals surface area contributed by atoms with E-state index in [2.05, 4.69) is 22.1 Å². The van der Waals surface area contributed by atoms with Gasteiger partial charge in [0.15, 0.2) is 0 Å². The van der Waals surface area contributed by atoms with Crippen LogP contribution >= 0.6 is 0 Å². The van der Waals surface area contributed by atoms with E-state index in [0.717, 1.165) is 48.4 Å². The summed E-state index contributed by atoms with van der Waals surface area (Å²) in [6, 6.07) is 9.64. The van der Waals surface area contributed by atoms with Crippen LogP contribution in [-0.4, -0.2) is 48.7 Å². The Kier molecular flexibility index (Phi) is 5.32. The van der Waals surface area contributed by atoms with E-state index in [-0.39, 0.29) is 11.9 Å². The Balaban J connectivity index is 1.50. The van der Waals surface area contributed by atoms with Crippen LogP contribution in [0.3, 0.4) is 0 Å². The molecule has 7 nitrogen and oxygen atoms in total. The minimum absolute atomic E-state index is 0.0183. The maximum Gasteiger partial charge on any atom is 0.229 e. The molecule has 7 heteroatoms. The fourth-order valence-corrected chi connectivity index (χ4v) is 3.84. The van der Waals surface area contributed by atoms with Gasteiger partial charge in [-0.3, -0.25) is 4.79 Å². The summed E-state index contributed by atoms with van der Waals surface area (Å²) in [5.41, 5.74) is 1.89. The topological polar surface area (TPSA) is 70.6 Å². The van der Waals surface area contributed by atoms with Crippen LogP contribution in [0.5, 0.6) is 5.75 Å². The van der Waals surface area contributed by atoms with Crippen LogP contribution in [0.1, 0.15) is 31.9 Å². The first-order chi connectivity index (χ1) is 13.7. The summed E-state index contributed by atoms with van der Waals surface area (Å²) in [6.07, 6.45) is 3.68. The number of anilines is 3. The summed E-state index contributed by atoms with van der Waals surface area (Å²) in [6.45, 7) is 4.73. The van der Waals surface area contributed by atoms with E-state index >= 15 is 0 Å². The summed E-state index contributed by atoms with van der Waals surface area (Å²) in [5, 5.41) is 3.47. The molecule has 1 aromatic heterocycles. The number of amides is 1. The lowest BCUT2D eigenvalue weighted by Gasteiger charge is -2.20. The van der Waals surface area contributed by atoms with E-state index < -0.39 is 0 Å². The molecule has 0 spiro atoms. The molecule has 2 saturated heterocycles. The van der Waals surface area contributed by atoms with Gasteiger partial charge in [0, 0.05) is 49.6 Å². The molecule has 2 fully saturated rings. The van der Waals surface area contributed by atoms with Crippen LogP contribution in [0.2, 0.25) is 0 Å². The Hall–Kier alpha value is -2.83. The van der Waals surface area contributed by atoms with Gasteiger partial charge in [0.2, 0.25) is 11.9 Å². The average Bonchev–Trinajstić information content (AvgIpc) is 3.38. The summed E-state index contributed by atoms with van der Waals surface area (Å²) in [5.74, 6) is 2.46. The van der Waals surface area contributed by atoms with Gasteiger partial charge in [0.05, 0.1) is 13.2 Å².